The first-order valence-corrected chi connectivity index (χ1v) is 13.2. The van der Waals surface area contributed by atoms with Crippen molar-refractivity contribution in [3.8, 4) is 0 Å². The number of aromatic nitrogens is 1. The second-order valence-electron chi connectivity index (χ2n) is 9.00. The highest BCUT2D eigenvalue weighted by atomic mass is 35.5. The zero-order chi connectivity index (χ0) is 25.8. The first kappa shape index (κ1) is 28.1. The van der Waals surface area contributed by atoms with Gasteiger partial charge < -0.3 is 20.4 Å². The van der Waals surface area contributed by atoms with Crippen LogP contribution in [0.15, 0.2) is 52.2 Å². The zero-order valence-corrected chi connectivity index (χ0v) is 22.8. The molecule has 3 rings (SSSR count). The fourth-order valence-electron chi connectivity index (χ4n) is 4.30. The summed E-state index contributed by atoms with van der Waals surface area (Å²) in [6, 6.07) is 7.87. The van der Waals surface area contributed by atoms with Gasteiger partial charge in [-0.25, -0.2) is 0 Å². The highest BCUT2D eigenvalue weighted by molar-refractivity contribution is 6.31. The Bertz CT molecular complexity index is 1030. The Morgan fingerprint density at radius 3 is 2.72 bits per heavy atom. The predicted molar refractivity (Wildman–Crippen MR) is 155 cm³/mol. The normalized spacial score (nSPS) is 15.6. The number of hydrogen-bond acceptors (Lipinski definition) is 7. The second kappa shape index (κ2) is 14.9. The summed E-state index contributed by atoms with van der Waals surface area (Å²) in [5.41, 5.74) is 2.90. The van der Waals surface area contributed by atoms with E-state index in [9.17, 15) is 0 Å². The van der Waals surface area contributed by atoms with E-state index in [1.54, 1.807) is 0 Å². The maximum Gasteiger partial charge on any atom is 0.125 e. The summed E-state index contributed by atoms with van der Waals surface area (Å²) in [4.78, 5) is 20.8. The van der Waals surface area contributed by atoms with Gasteiger partial charge in [-0.05, 0) is 51.5 Å². The van der Waals surface area contributed by atoms with Gasteiger partial charge in [0.15, 0.2) is 0 Å². The number of hydrogen-bond donors (Lipinski definition) is 2. The summed E-state index contributed by atoms with van der Waals surface area (Å²) in [5.74, 6) is 1.02. The van der Waals surface area contributed by atoms with Gasteiger partial charge in [0, 0.05) is 93.0 Å². The molecule has 0 saturated carbocycles. The van der Waals surface area contributed by atoms with Crippen LogP contribution in [0, 0.1) is 0 Å². The van der Waals surface area contributed by atoms with Crippen LogP contribution in [0.1, 0.15) is 13.8 Å². The average molecular weight is 513 g/mol. The molecule has 2 N–H and O–H groups in total. The summed E-state index contributed by atoms with van der Waals surface area (Å²) < 4.78 is 0. The molecule has 2 aromatic rings. The molecule has 1 aromatic carbocycles. The summed E-state index contributed by atoms with van der Waals surface area (Å²) >= 11 is 6.12. The largest absolute Gasteiger partial charge is 0.383 e. The van der Waals surface area contributed by atoms with Crippen LogP contribution in [-0.4, -0.2) is 111 Å². The van der Waals surface area contributed by atoms with Crippen LogP contribution in [0.25, 0.3) is 10.9 Å². The molecule has 0 aliphatic carbocycles. The van der Waals surface area contributed by atoms with Gasteiger partial charge >= 0.3 is 0 Å². The molecule has 36 heavy (non-hydrogen) atoms. The number of aliphatic imine (C=N–C) groups is 2. The molecule has 1 aromatic heterocycles. The quantitative estimate of drug-likeness (QED) is 0.316. The molecule has 0 atom stereocenters. The second-order valence-corrected chi connectivity index (χ2v) is 9.43. The van der Waals surface area contributed by atoms with Crippen LogP contribution in [0.2, 0.25) is 5.02 Å². The van der Waals surface area contributed by atoms with E-state index in [0.29, 0.717) is 5.02 Å². The smallest absolute Gasteiger partial charge is 0.125 e. The number of amidine groups is 1. The Hall–Kier alpha value is -2.52. The first-order valence-electron chi connectivity index (χ1n) is 12.9. The monoisotopic (exact) mass is 512 g/mol. The number of nitrogens with one attached hydrogen (secondary N) is 2. The predicted octanol–water partition coefficient (Wildman–Crippen LogP) is 3.46. The molecule has 1 fully saturated rings. The molecule has 0 unspecified atom stereocenters. The minimum absolute atomic E-state index is 0.707. The van der Waals surface area contributed by atoms with Crippen molar-refractivity contribution in [3.63, 3.8) is 0 Å². The van der Waals surface area contributed by atoms with Crippen LogP contribution in [0.5, 0.6) is 0 Å². The van der Waals surface area contributed by atoms with Crippen LogP contribution < -0.4 is 10.6 Å². The van der Waals surface area contributed by atoms with E-state index in [1.165, 1.54) is 0 Å². The van der Waals surface area contributed by atoms with Crippen molar-refractivity contribution in [2.75, 3.05) is 84.4 Å². The zero-order valence-electron chi connectivity index (χ0n) is 22.0. The van der Waals surface area contributed by atoms with Gasteiger partial charge in [0.2, 0.25) is 0 Å². The van der Waals surface area contributed by atoms with Crippen LogP contribution in [-0.2, 0) is 0 Å². The third-order valence-electron chi connectivity index (χ3n) is 6.55. The standard InChI is InChI=1S/C27H41ClN8/c1-5-34(13-10-29-3)14-12-33-27(20-22(2)30-4)36-18-16-35(17-19-36)15-11-32-25-8-9-31-26-21-23(28)6-7-24(25)26/h6-9,20-21,29H,4-5,10-19H2,1-3H3,(H,31,32)/b22-20-,33-27+. The number of allylic oxidation sites excluding steroid dienone is 1. The molecule has 0 radical (unpaired) electrons. The summed E-state index contributed by atoms with van der Waals surface area (Å²) in [5, 5.41) is 8.61. The third-order valence-corrected chi connectivity index (χ3v) is 6.78. The maximum absolute atomic E-state index is 6.12. The Morgan fingerprint density at radius 2 is 2.00 bits per heavy atom. The van der Waals surface area contributed by atoms with Crippen LogP contribution in [0.4, 0.5) is 5.69 Å². The molecular formula is C27H41ClN8. The lowest BCUT2D eigenvalue weighted by molar-refractivity contribution is 0.188. The molecular weight excluding hydrogens is 472 g/mol. The van der Waals surface area contributed by atoms with E-state index in [-0.39, 0.29) is 0 Å². The van der Waals surface area contributed by atoms with Crippen molar-refractivity contribution in [3.05, 3.63) is 47.3 Å². The van der Waals surface area contributed by atoms with Crippen molar-refractivity contribution in [1.82, 2.24) is 25.0 Å². The van der Waals surface area contributed by atoms with E-state index < -0.39 is 0 Å². The Morgan fingerprint density at radius 1 is 1.19 bits per heavy atom. The van der Waals surface area contributed by atoms with E-state index in [4.69, 9.17) is 16.6 Å². The number of halogens is 1. The van der Waals surface area contributed by atoms with Gasteiger partial charge in [-0.3, -0.25) is 19.9 Å². The van der Waals surface area contributed by atoms with Gasteiger partial charge in [-0.15, -0.1) is 0 Å². The van der Waals surface area contributed by atoms with Crippen molar-refractivity contribution >= 4 is 40.7 Å². The van der Waals surface area contributed by atoms with E-state index in [2.05, 4.69) is 55.0 Å². The molecule has 0 bridgehead atoms. The first-order chi connectivity index (χ1) is 17.5. The maximum atomic E-state index is 6.12. The lowest BCUT2D eigenvalue weighted by Gasteiger charge is -2.36. The van der Waals surface area contributed by atoms with Gasteiger partial charge in [0.1, 0.15) is 5.84 Å². The number of benzene rings is 1. The van der Waals surface area contributed by atoms with E-state index in [1.807, 2.05) is 44.4 Å². The molecule has 1 aliphatic rings. The van der Waals surface area contributed by atoms with Gasteiger partial charge in [-0.2, -0.15) is 0 Å². The molecule has 0 amide bonds. The highest BCUT2D eigenvalue weighted by Crippen LogP contribution is 2.24. The summed E-state index contributed by atoms with van der Waals surface area (Å²) in [6.07, 6.45) is 3.89. The average Bonchev–Trinajstić information content (AvgIpc) is 2.90. The fourth-order valence-corrected chi connectivity index (χ4v) is 4.46. The molecule has 196 valence electrons. The minimum atomic E-state index is 0.707. The van der Waals surface area contributed by atoms with Crippen LogP contribution in [0.3, 0.4) is 0 Å². The van der Waals surface area contributed by atoms with Crippen molar-refractivity contribution in [1.29, 1.82) is 0 Å². The lowest BCUT2D eigenvalue weighted by atomic mass is 10.2. The SMILES string of the molecule is C=N/C(C)=C\C(=N/CCN(CC)CCNC)N1CCN(CCNc2ccnc3cc(Cl)ccc23)CC1. The van der Waals surface area contributed by atoms with Gasteiger partial charge in [0.05, 0.1) is 12.1 Å². The van der Waals surface area contributed by atoms with Crippen molar-refractivity contribution in [2.24, 2.45) is 9.98 Å². The number of nitrogens with zero attached hydrogens (tertiary/aromatic N) is 6. The van der Waals surface area contributed by atoms with Crippen LogP contribution >= 0.6 is 11.6 Å². The third kappa shape index (κ3) is 8.55. The van der Waals surface area contributed by atoms with Crippen molar-refractivity contribution in [2.45, 2.75) is 13.8 Å². The fraction of sp³-hybridized carbons (Fsp3) is 0.519. The molecule has 9 heteroatoms. The number of rotatable bonds is 13. The Balaban J connectivity index is 1.51. The number of pyridine rings is 1. The highest BCUT2D eigenvalue weighted by Gasteiger charge is 2.19. The number of anilines is 1. The lowest BCUT2D eigenvalue weighted by Crippen LogP contribution is -2.49. The molecule has 2 heterocycles. The number of fused-ring (bicyclic) bond motifs is 1. The topological polar surface area (TPSA) is 71.4 Å². The van der Waals surface area contributed by atoms with Gasteiger partial charge in [-0.1, -0.05) is 18.5 Å². The summed E-state index contributed by atoms with van der Waals surface area (Å²) in [6.45, 7) is 18.4. The Labute approximate surface area is 221 Å². The molecule has 0 spiro atoms. The number of likely N-dealkylation sites (N-methyl/N-ethyl adjacent to an activating group) is 2. The van der Waals surface area contributed by atoms with Gasteiger partial charge in [0.25, 0.3) is 0 Å². The van der Waals surface area contributed by atoms with E-state index in [0.717, 1.165) is 100 Å². The van der Waals surface area contributed by atoms with Crippen molar-refractivity contribution < 1.29 is 0 Å². The molecule has 1 saturated heterocycles. The van der Waals surface area contributed by atoms with E-state index >= 15 is 0 Å². The summed E-state index contributed by atoms with van der Waals surface area (Å²) in [7, 11) is 1.99. The number of piperazine rings is 1. The molecule has 8 nitrogen and oxygen atoms in total. The minimum Gasteiger partial charge on any atom is -0.383 e. The Kier molecular flexibility index (Phi) is 11.6. The molecule has 1 aliphatic heterocycles.